The number of hydrogen-bond donors (Lipinski definition) is 1. The first-order valence-corrected chi connectivity index (χ1v) is 6.16. The van der Waals surface area contributed by atoms with E-state index >= 15 is 0 Å². The van der Waals surface area contributed by atoms with E-state index in [9.17, 15) is 9.18 Å². The van der Waals surface area contributed by atoms with Crippen molar-refractivity contribution in [3.8, 4) is 0 Å². The number of methoxy groups -OCH3 is 1. The molecule has 0 aliphatic heterocycles. The van der Waals surface area contributed by atoms with Crippen molar-refractivity contribution in [2.24, 2.45) is 0 Å². The largest absolute Gasteiger partial charge is 0.379 e. The van der Waals surface area contributed by atoms with Gasteiger partial charge < -0.3 is 10.1 Å². The van der Waals surface area contributed by atoms with Gasteiger partial charge in [-0.1, -0.05) is 12.8 Å². The predicted molar refractivity (Wildman–Crippen MR) is 64.7 cm³/mol. The number of carbonyl (C=O) groups excluding carboxylic acids is 1. The average Bonchev–Trinajstić information content (AvgIpc) is 2.39. The Labute approximate surface area is 106 Å². The minimum atomic E-state index is -0.644. The Hall–Kier alpha value is -1.49. The first kappa shape index (κ1) is 13.0. The van der Waals surface area contributed by atoms with Crippen molar-refractivity contribution in [1.82, 2.24) is 10.3 Å². The molecule has 2 rings (SSSR count). The van der Waals surface area contributed by atoms with E-state index in [1.807, 2.05) is 0 Å². The predicted octanol–water partition coefficient (Wildman–Crippen LogP) is 1.91. The molecule has 5 heteroatoms. The van der Waals surface area contributed by atoms with Crippen LogP contribution in [0.4, 0.5) is 4.39 Å². The fraction of sp³-hybridized carbons (Fsp3) is 0.538. The molecule has 0 spiro atoms. The number of halogens is 1. The minimum Gasteiger partial charge on any atom is -0.379 e. The fourth-order valence-electron chi connectivity index (χ4n) is 2.34. The summed E-state index contributed by atoms with van der Waals surface area (Å²) in [5.41, 5.74) is 0.294. The van der Waals surface area contributed by atoms with Gasteiger partial charge in [-0.05, 0) is 18.9 Å². The summed E-state index contributed by atoms with van der Waals surface area (Å²) in [7, 11) is 1.65. The molecule has 0 aromatic carbocycles. The Morgan fingerprint density at radius 2 is 2.28 bits per heavy atom. The lowest BCUT2D eigenvalue weighted by Gasteiger charge is -2.31. The first-order valence-electron chi connectivity index (χ1n) is 6.16. The zero-order valence-electron chi connectivity index (χ0n) is 10.4. The lowest BCUT2D eigenvalue weighted by Crippen LogP contribution is -2.45. The third-order valence-electron chi connectivity index (χ3n) is 3.31. The summed E-state index contributed by atoms with van der Waals surface area (Å²) in [6.07, 6.45) is 5.39. The van der Waals surface area contributed by atoms with Crippen LogP contribution in [-0.2, 0) is 4.74 Å². The molecule has 4 nitrogen and oxygen atoms in total. The zero-order chi connectivity index (χ0) is 13.0. The van der Waals surface area contributed by atoms with Gasteiger partial charge in [-0.25, -0.2) is 4.98 Å². The van der Waals surface area contributed by atoms with Crippen molar-refractivity contribution in [1.29, 1.82) is 0 Å². The molecule has 1 fully saturated rings. The molecule has 1 N–H and O–H groups in total. The van der Waals surface area contributed by atoms with Crippen molar-refractivity contribution < 1.29 is 13.9 Å². The summed E-state index contributed by atoms with van der Waals surface area (Å²) in [5.74, 6) is -0.917. The fourth-order valence-corrected chi connectivity index (χ4v) is 2.34. The summed E-state index contributed by atoms with van der Waals surface area (Å²) < 4.78 is 18.3. The first-order chi connectivity index (χ1) is 8.70. The Balaban J connectivity index is 2.02. The standard InChI is InChI=1S/C13H17FN2O2/c1-18-11-5-3-2-4-10(11)16-13(17)9-6-7-15-12(14)8-9/h6-8,10-11H,2-5H2,1H3,(H,16,17). The minimum absolute atomic E-state index is 0.00692. The van der Waals surface area contributed by atoms with Crippen molar-refractivity contribution >= 4 is 5.91 Å². The number of nitrogens with zero attached hydrogens (tertiary/aromatic N) is 1. The number of hydrogen-bond acceptors (Lipinski definition) is 3. The van der Waals surface area contributed by atoms with E-state index < -0.39 is 5.95 Å². The molecule has 2 unspecified atom stereocenters. The molecule has 1 amide bonds. The van der Waals surface area contributed by atoms with Gasteiger partial charge in [0.05, 0.1) is 12.1 Å². The molecule has 0 radical (unpaired) electrons. The maximum Gasteiger partial charge on any atom is 0.251 e. The van der Waals surface area contributed by atoms with E-state index in [-0.39, 0.29) is 18.1 Å². The van der Waals surface area contributed by atoms with E-state index in [4.69, 9.17) is 4.74 Å². The van der Waals surface area contributed by atoms with Crippen LogP contribution in [0, 0.1) is 5.95 Å². The molecule has 2 atom stereocenters. The van der Waals surface area contributed by atoms with Crippen LogP contribution in [0.15, 0.2) is 18.3 Å². The molecular formula is C13H17FN2O2. The Morgan fingerprint density at radius 3 is 3.00 bits per heavy atom. The van der Waals surface area contributed by atoms with Crippen LogP contribution in [0.5, 0.6) is 0 Å². The van der Waals surface area contributed by atoms with Crippen LogP contribution >= 0.6 is 0 Å². The second kappa shape index (κ2) is 5.91. The van der Waals surface area contributed by atoms with Crippen LogP contribution in [-0.4, -0.2) is 30.1 Å². The molecule has 98 valence electrons. The number of carbonyl (C=O) groups is 1. The lowest BCUT2D eigenvalue weighted by atomic mass is 9.92. The summed E-state index contributed by atoms with van der Waals surface area (Å²) >= 11 is 0. The van der Waals surface area contributed by atoms with Crippen molar-refractivity contribution in [2.45, 2.75) is 37.8 Å². The summed E-state index contributed by atoms with van der Waals surface area (Å²) in [5, 5.41) is 2.90. The van der Waals surface area contributed by atoms with Gasteiger partial charge in [0.15, 0.2) is 0 Å². The summed E-state index contributed by atoms with van der Waals surface area (Å²) in [4.78, 5) is 15.4. The number of aromatic nitrogens is 1. The Kier molecular flexibility index (Phi) is 4.25. The van der Waals surface area contributed by atoms with Gasteiger partial charge in [0.1, 0.15) is 0 Å². The normalized spacial score (nSPS) is 23.7. The molecule has 18 heavy (non-hydrogen) atoms. The molecule has 1 aliphatic rings. The molecule has 1 saturated carbocycles. The van der Waals surface area contributed by atoms with Gasteiger partial charge in [-0.3, -0.25) is 4.79 Å². The molecule has 1 aromatic heterocycles. The van der Waals surface area contributed by atoms with Gasteiger partial charge in [0, 0.05) is 24.9 Å². The number of nitrogens with one attached hydrogen (secondary N) is 1. The Bertz CT molecular complexity index is 425. The van der Waals surface area contributed by atoms with Crippen molar-refractivity contribution in [3.05, 3.63) is 29.8 Å². The second-order valence-corrected chi connectivity index (χ2v) is 4.51. The quantitative estimate of drug-likeness (QED) is 0.836. The van der Waals surface area contributed by atoms with Gasteiger partial charge >= 0.3 is 0 Å². The number of pyridine rings is 1. The number of ether oxygens (including phenoxy) is 1. The molecule has 0 saturated heterocycles. The van der Waals surface area contributed by atoms with Crippen LogP contribution in [0.25, 0.3) is 0 Å². The van der Waals surface area contributed by atoms with E-state index in [1.165, 1.54) is 12.3 Å². The molecule has 0 bridgehead atoms. The maximum atomic E-state index is 12.9. The highest BCUT2D eigenvalue weighted by molar-refractivity contribution is 5.94. The third-order valence-corrected chi connectivity index (χ3v) is 3.31. The van der Waals surface area contributed by atoms with E-state index in [0.29, 0.717) is 5.56 Å². The van der Waals surface area contributed by atoms with Crippen molar-refractivity contribution in [2.75, 3.05) is 7.11 Å². The zero-order valence-corrected chi connectivity index (χ0v) is 10.4. The third kappa shape index (κ3) is 3.04. The second-order valence-electron chi connectivity index (χ2n) is 4.51. The maximum absolute atomic E-state index is 12.9. The highest BCUT2D eigenvalue weighted by atomic mass is 19.1. The molecule has 1 heterocycles. The monoisotopic (exact) mass is 252 g/mol. The van der Waals surface area contributed by atoms with Gasteiger partial charge in [-0.2, -0.15) is 4.39 Å². The summed E-state index contributed by atoms with van der Waals surface area (Å²) in [6.45, 7) is 0. The van der Waals surface area contributed by atoms with Crippen LogP contribution in [0.1, 0.15) is 36.0 Å². The van der Waals surface area contributed by atoms with Crippen LogP contribution in [0.2, 0.25) is 0 Å². The lowest BCUT2D eigenvalue weighted by molar-refractivity contribution is 0.0392. The number of rotatable bonds is 3. The van der Waals surface area contributed by atoms with Crippen molar-refractivity contribution in [3.63, 3.8) is 0 Å². The average molecular weight is 252 g/mol. The van der Waals surface area contributed by atoms with Gasteiger partial charge in [0.25, 0.3) is 5.91 Å². The molecular weight excluding hydrogens is 235 g/mol. The molecule has 1 aliphatic carbocycles. The smallest absolute Gasteiger partial charge is 0.251 e. The van der Waals surface area contributed by atoms with E-state index in [0.717, 1.165) is 31.7 Å². The topological polar surface area (TPSA) is 51.2 Å². The van der Waals surface area contributed by atoms with Crippen LogP contribution in [0.3, 0.4) is 0 Å². The van der Waals surface area contributed by atoms with E-state index in [2.05, 4.69) is 10.3 Å². The Morgan fingerprint density at radius 1 is 1.50 bits per heavy atom. The molecule has 1 aromatic rings. The highest BCUT2D eigenvalue weighted by Gasteiger charge is 2.26. The highest BCUT2D eigenvalue weighted by Crippen LogP contribution is 2.21. The van der Waals surface area contributed by atoms with Crippen LogP contribution < -0.4 is 5.32 Å². The van der Waals surface area contributed by atoms with Gasteiger partial charge in [0.2, 0.25) is 5.95 Å². The number of amides is 1. The van der Waals surface area contributed by atoms with Gasteiger partial charge in [-0.15, -0.1) is 0 Å². The summed E-state index contributed by atoms with van der Waals surface area (Å²) in [6, 6.07) is 2.65. The van der Waals surface area contributed by atoms with E-state index in [1.54, 1.807) is 7.11 Å². The SMILES string of the molecule is COC1CCCCC1NC(=O)c1ccnc(F)c1.